The van der Waals surface area contributed by atoms with Crippen molar-refractivity contribution in [3.8, 4) is 0 Å². The van der Waals surface area contributed by atoms with E-state index >= 15 is 0 Å². The highest BCUT2D eigenvalue weighted by Gasteiger charge is 2.62. The van der Waals surface area contributed by atoms with Gasteiger partial charge in [0.15, 0.2) is 0 Å². The molecular formula is C35H48ClN5O9S. The Morgan fingerprint density at radius 1 is 1.00 bits per heavy atom. The lowest BCUT2D eigenvalue weighted by atomic mass is 10.0. The maximum Gasteiger partial charge on any atom is 0.410 e. The summed E-state index contributed by atoms with van der Waals surface area (Å²) in [5, 5.41) is 5.48. The van der Waals surface area contributed by atoms with E-state index in [1.165, 1.54) is 9.80 Å². The first-order valence-corrected chi connectivity index (χ1v) is 19.9. The second-order valence-electron chi connectivity index (χ2n) is 15.6. The van der Waals surface area contributed by atoms with Gasteiger partial charge in [-0.1, -0.05) is 55.8 Å². The molecule has 0 aromatic heterocycles. The minimum absolute atomic E-state index is 0.0627. The number of hydrogen-bond acceptors (Lipinski definition) is 9. The van der Waals surface area contributed by atoms with Crippen molar-refractivity contribution in [2.45, 2.75) is 139 Å². The van der Waals surface area contributed by atoms with Crippen LogP contribution in [-0.2, 0) is 47.0 Å². The van der Waals surface area contributed by atoms with Gasteiger partial charge in [0, 0.05) is 18.0 Å². The van der Waals surface area contributed by atoms with Gasteiger partial charge in [-0.05, 0) is 76.0 Å². The molecule has 0 radical (unpaired) electrons. The predicted octanol–water partition coefficient (Wildman–Crippen LogP) is 3.88. The van der Waals surface area contributed by atoms with E-state index in [9.17, 15) is 32.4 Å². The van der Waals surface area contributed by atoms with Crippen LogP contribution >= 0.6 is 11.6 Å². The summed E-state index contributed by atoms with van der Waals surface area (Å²) in [6.45, 7) is 5.55. The third kappa shape index (κ3) is 8.56. The number of alkyl carbamates (subject to hydrolysis) is 1. The van der Waals surface area contributed by atoms with Gasteiger partial charge in [0.25, 0.3) is 5.91 Å². The van der Waals surface area contributed by atoms with Crippen molar-refractivity contribution in [2.75, 3.05) is 6.54 Å². The number of hydrogen-bond donors (Lipinski definition) is 3. The summed E-state index contributed by atoms with van der Waals surface area (Å²) in [5.74, 6) is -2.25. The van der Waals surface area contributed by atoms with Crippen LogP contribution in [0.5, 0.6) is 0 Å². The molecule has 280 valence electrons. The Morgan fingerprint density at radius 2 is 1.71 bits per heavy atom. The Hall–Kier alpha value is -3.59. The van der Waals surface area contributed by atoms with Crippen LogP contribution in [-0.4, -0.2) is 89.2 Å². The number of amides is 5. The van der Waals surface area contributed by atoms with Crippen molar-refractivity contribution >= 4 is 51.5 Å². The van der Waals surface area contributed by atoms with Crippen molar-refractivity contribution in [3.05, 3.63) is 34.3 Å². The van der Waals surface area contributed by atoms with Crippen LogP contribution < -0.4 is 15.4 Å². The first-order valence-electron chi connectivity index (χ1n) is 18.0. The van der Waals surface area contributed by atoms with Crippen LogP contribution in [0.2, 0.25) is 5.02 Å². The van der Waals surface area contributed by atoms with E-state index in [4.69, 9.17) is 21.1 Å². The van der Waals surface area contributed by atoms with Gasteiger partial charge in [-0.15, -0.1) is 0 Å². The molecule has 0 unspecified atom stereocenters. The minimum atomic E-state index is -3.88. The molecule has 6 rings (SSSR count). The Kier molecular flexibility index (Phi) is 10.5. The molecule has 1 aromatic carbocycles. The van der Waals surface area contributed by atoms with Crippen LogP contribution in [0.15, 0.2) is 18.2 Å². The molecule has 3 aliphatic heterocycles. The number of rotatable bonds is 5. The Bertz CT molecular complexity index is 1680. The largest absolute Gasteiger partial charge is 0.444 e. The normalized spacial score (nSPS) is 28.6. The third-order valence-electron chi connectivity index (χ3n) is 10.4. The molecule has 5 amide bonds. The van der Waals surface area contributed by atoms with Gasteiger partial charge in [0.05, 0.1) is 18.3 Å². The summed E-state index contributed by atoms with van der Waals surface area (Å²) in [7, 11) is -3.88. The second kappa shape index (κ2) is 14.4. The van der Waals surface area contributed by atoms with Crippen LogP contribution in [0.3, 0.4) is 0 Å². The highest BCUT2D eigenvalue weighted by Crippen LogP contribution is 2.48. The van der Waals surface area contributed by atoms with Crippen molar-refractivity contribution in [2.24, 2.45) is 5.92 Å². The van der Waals surface area contributed by atoms with E-state index < -0.39 is 74.5 Å². The van der Waals surface area contributed by atoms with Crippen LogP contribution in [0.1, 0.15) is 103 Å². The summed E-state index contributed by atoms with van der Waals surface area (Å²) in [5.41, 5.74) is -0.537. The second-order valence-corrected chi connectivity index (χ2v) is 17.9. The number of sulfonamides is 1. The molecule has 5 atom stereocenters. The van der Waals surface area contributed by atoms with Gasteiger partial charge >= 0.3 is 12.2 Å². The minimum Gasteiger partial charge on any atom is -0.444 e. The third-order valence-corrected chi connectivity index (χ3v) is 12.6. The summed E-state index contributed by atoms with van der Waals surface area (Å²) in [6, 6.07) is 3.25. The van der Waals surface area contributed by atoms with Crippen molar-refractivity contribution < 1.29 is 41.9 Å². The van der Waals surface area contributed by atoms with Crippen molar-refractivity contribution in [1.29, 1.82) is 0 Å². The molecule has 0 spiro atoms. The highest BCUT2D eigenvalue weighted by molar-refractivity contribution is 7.91. The fourth-order valence-electron chi connectivity index (χ4n) is 7.43. The van der Waals surface area contributed by atoms with Gasteiger partial charge in [-0.25, -0.2) is 18.0 Å². The number of carbonyl (C=O) groups is 5. The number of nitrogens with one attached hydrogen (secondary N) is 3. The number of benzene rings is 1. The molecule has 2 saturated carbocycles. The molecule has 3 heterocycles. The average Bonchev–Trinajstić information content (AvgIpc) is 3.93. The molecule has 5 aliphatic rings. The predicted molar refractivity (Wildman–Crippen MR) is 186 cm³/mol. The summed E-state index contributed by atoms with van der Waals surface area (Å²) >= 11 is 6.35. The number of carbonyl (C=O) groups excluding carboxylic acids is 5. The van der Waals surface area contributed by atoms with Crippen LogP contribution in [0, 0.1) is 5.92 Å². The van der Waals surface area contributed by atoms with Gasteiger partial charge in [-0.2, -0.15) is 0 Å². The summed E-state index contributed by atoms with van der Waals surface area (Å²) in [4.78, 5) is 71.3. The molecule has 16 heteroatoms. The zero-order chi connectivity index (χ0) is 36.7. The topological polar surface area (TPSA) is 181 Å². The molecule has 14 nitrogen and oxygen atoms in total. The van der Waals surface area contributed by atoms with E-state index in [1.807, 2.05) is 12.1 Å². The SMILES string of the molecule is CC(C)(C)OC(=O)N[C@H]1CCCCCCC[C@@H]2C[C@@]2(C(=O)NS(=O)(=O)C2CC2)NC(=O)[C@@H]2C[C@@H](OC(=O)N3Cc4cccc(Cl)c4C3)CN2C1=O. The first kappa shape index (κ1) is 37.2. The number of fused-ring (bicyclic) bond motifs is 3. The average molecular weight is 750 g/mol. The van der Waals surface area contributed by atoms with Gasteiger partial charge < -0.3 is 25.0 Å². The molecule has 0 bridgehead atoms. The van der Waals surface area contributed by atoms with Crippen molar-refractivity contribution in [1.82, 2.24) is 25.2 Å². The number of halogens is 1. The molecule has 51 heavy (non-hydrogen) atoms. The fraction of sp³-hybridized carbons (Fsp3) is 0.686. The zero-order valence-electron chi connectivity index (χ0n) is 29.4. The maximum absolute atomic E-state index is 14.3. The van der Waals surface area contributed by atoms with Crippen LogP contribution in [0.4, 0.5) is 9.59 Å². The standard InChI is InChI=1S/C35H48ClN5O9S/c1-34(2,3)50-32(45)37-27-13-8-6-4-5-7-11-22-17-35(22,31(44)39-51(47,48)24-14-15-24)38-29(42)28-16-23(19-41(28)30(27)43)49-33(46)40-18-21-10-9-12-26(36)25(21)20-40/h9-10,12,22-24,27-28H,4-8,11,13-20H2,1-3H3,(H,37,45)(H,38,42)(H,39,44)/t22-,23-,27+,28+,35-/m1/s1. The number of ether oxygens (including phenoxy) is 2. The fourth-order valence-corrected chi connectivity index (χ4v) is 9.05. The summed E-state index contributed by atoms with van der Waals surface area (Å²) < 4.78 is 39.1. The lowest BCUT2D eigenvalue weighted by molar-refractivity contribution is -0.141. The maximum atomic E-state index is 14.3. The quantitative estimate of drug-likeness (QED) is 0.403. The zero-order valence-corrected chi connectivity index (χ0v) is 30.9. The van der Waals surface area contributed by atoms with E-state index in [1.54, 1.807) is 26.8 Å². The van der Waals surface area contributed by atoms with E-state index in [2.05, 4.69) is 15.4 Å². The van der Waals surface area contributed by atoms with Gasteiger partial charge in [0.1, 0.15) is 29.3 Å². The molecule has 4 fully saturated rings. The highest BCUT2D eigenvalue weighted by atomic mass is 35.5. The Labute approximate surface area is 303 Å². The lowest BCUT2D eigenvalue weighted by Gasteiger charge is -2.30. The van der Waals surface area contributed by atoms with Crippen LogP contribution in [0.25, 0.3) is 0 Å². The molecular weight excluding hydrogens is 702 g/mol. The molecule has 3 N–H and O–H groups in total. The molecule has 2 saturated heterocycles. The smallest absolute Gasteiger partial charge is 0.410 e. The van der Waals surface area contributed by atoms with E-state index in [-0.39, 0.29) is 31.8 Å². The summed E-state index contributed by atoms with van der Waals surface area (Å²) in [6.07, 6.45) is 3.70. The van der Waals surface area contributed by atoms with E-state index in [0.29, 0.717) is 43.7 Å². The monoisotopic (exact) mass is 749 g/mol. The Balaban J connectivity index is 1.24. The van der Waals surface area contributed by atoms with E-state index in [0.717, 1.165) is 36.8 Å². The number of nitrogens with zero attached hydrogens (tertiary/aromatic N) is 2. The first-order chi connectivity index (χ1) is 24.1. The van der Waals surface area contributed by atoms with Crippen molar-refractivity contribution in [3.63, 3.8) is 0 Å². The lowest BCUT2D eigenvalue weighted by Crippen LogP contribution is -2.58. The Morgan fingerprint density at radius 3 is 2.39 bits per heavy atom. The molecule has 2 aliphatic carbocycles. The van der Waals surface area contributed by atoms with Gasteiger partial charge in [0.2, 0.25) is 21.8 Å². The molecule has 1 aromatic rings. The van der Waals surface area contributed by atoms with Gasteiger partial charge in [-0.3, -0.25) is 24.0 Å².